The van der Waals surface area contributed by atoms with Crippen molar-refractivity contribution in [2.75, 3.05) is 45.9 Å². The average molecular weight is 274 g/mol. The molecule has 0 radical (unpaired) electrons. The Morgan fingerprint density at radius 1 is 1.47 bits per heavy atom. The number of rotatable bonds is 7. The van der Waals surface area contributed by atoms with Gasteiger partial charge in [0.15, 0.2) is 0 Å². The molecule has 1 rings (SSSR count). The van der Waals surface area contributed by atoms with Crippen LogP contribution in [0.3, 0.4) is 0 Å². The summed E-state index contributed by atoms with van der Waals surface area (Å²) in [6.07, 6.45) is -0.241. The van der Waals surface area contributed by atoms with Crippen molar-refractivity contribution in [3.8, 4) is 0 Å². The van der Waals surface area contributed by atoms with E-state index in [-0.39, 0.29) is 11.7 Å². The van der Waals surface area contributed by atoms with Crippen molar-refractivity contribution < 1.29 is 14.6 Å². The molecule has 0 aromatic carbocycles. The van der Waals surface area contributed by atoms with Crippen LogP contribution < -0.4 is 5.32 Å². The van der Waals surface area contributed by atoms with Crippen molar-refractivity contribution in [1.82, 2.24) is 10.2 Å². The summed E-state index contributed by atoms with van der Waals surface area (Å²) in [7, 11) is 0. The van der Waals surface area contributed by atoms with Crippen LogP contribution in [-0.2, 0) is 9.47 Å². The lowest BCUT2D eigenvalue weighted by atomic mass is 10.2. The van der Waals surface area contributed by atoms with Gasteiger partial charge in [-0.15, -0.1) is 0 Å². The van der Waals surface area contributed by atoms with E-state index in [0.717, 1.165) is 32.8 Å². The number of nitrogens with one attached hydrogen (secondary N) is 1. The van der Waals surface area contributed by atoms with Gasteiger partial charge in [-0.05, 0) is 27.3 Å². The first-order valence-corrected chi connectivity index (χ1v) is 7.27. The molecule has 0 amide bonds. The van der Waals surface area contributed by atoms with Crippen molar-refractivity contribution in [3.05, 3.63) is 0 Å². The molecule has 1 aliphatic heterocycles. The van der Waals surface area contributed by atoms with Crippen LogP contribution in [0.15, 0.2) is 0 Å². The molecule has 19 heavy (non-hydrogen) atoms. The molecule has 0 spiro atoms. The van der Waals surface area contributed by atoms with Gasteiger partial charge < -0.3 is 19.9 Å². The van der Waals surface area contributed by atoms with E-state index >= 15 is 0 Å². The van der Waals surface area contributed by atoms with E-state index in [9.17, 15) is 5.11 Å². The van der Waals surface area contributed by atoms with Crippen LogP contribution in [0.1, 0.15) is 27.7 Å². The van der Waals surface area contributed by atoms with Crippen molar-refractivity contribution in [1.29, 1.82) is 0 Å². The molecular weight excluding hydrogens is 244 g/mol. The van der Waals surface area contributed by atoms with E-state index < -0.39 is 6.10 Å². The highest BCUT2D eigenvalue weighted by Gasteiger charge is 2.19. The zero-order valence-corrected chi connectivity index (χ0v) is 12.8. The molecule has 1 heterocycles. The molecule has 0 aromatic rings. The van der Waals surface area contributed by atoms with Crippen LogP contribution in [0.4, 0.5) is 0 Å². The molecule has 1 aliphatic rings. The average Bonchev–Trinajstić information content (AvgIpc) is 2.36. The van der Waals surface area contributed by atoms with E-state index in [1.807, 2.05) is 20.8 Å². The second-order valence-corrected chi connectivity index (χ2v) is 6.12. The fourth-order valence-electron chi connectivity index (χ4n) is 2.01. The van der Waals surface area contributed by atoms with Crippen molar-refractivity contribution in [3.63, 3.8) is 0 Å². The summed E-state index contributed by atoms with van der Waals surface area (Å²) in [5, 5.41) is 13.1. The van der Waals surface area contributed by atoms with Crippen LogP contribution in [0, 0.1) is 0 Å². The first-order valence-electron chi connectivity index (χ1n) is 7.27. The zero-order valence-electron chi connectivity index (χ0n) is 12.8. The van der Waals surface area contributed by atoms with Gasteiger partial charge in [-0.1, -0.05) is 6.92 Å². The molecule has 1 fully saturated rings. The lowest BCUT2D eigenvalue weighted by Crippen LogP contribution is -2.47. The second kappa shape index (κ2) is 8.17. The van der Waals surface area contributed by atoms with Crippen LogP contribution in [0.5, 0.6) is 0 Å². The predicted octanol–water partition coefficient (Wildman–Crippen LogP) is 0.473. The number of hydrogen-bond acceptors (Lipinski definition) is 5. The minimum Gasteiger partial charge on any atom is -0.389 e. The highest BCUT2D eigenvalue weighted by Crippen LogP contribution is 2.07. The molecule has 0 aromatic heterocycles. The lowest BCUT2D eigenvalue weighted by molar-refractivity contribution is -0.0511. The SMILES string of the molecule is CCN1CCOC(CNCC(O)COC(C)(C)C)C1. The van der Waals surface area contributed by atoms with Crippen molar-refractivity contribution >= 4 is 0 Å². The quantitative estimate of drug-likeness (QED) is 0.707. The first kappa shape index (κ1) is 16.9. The molecular formula is C14H30N2O3. The zero-order chi connectivity index (χ0) is 14.3. The second-order valence-electron chi connectivity index (χ2n) is 6.12. The molecule has 114 valence electrons. The monoisotopic (exact) mass is 274 g/mol. The highest BCUT2D eigenvalue weighted by molar-refractivity contribution is 4.73. The Bertz CT molecular complexity index is 243. The topological polar surface area (TPSA) is 54.0 Å². The van der Waals surface area contributed by atoms with E-state index in [2.05, 4.69) is 17.1 Å². The third-order valence-corrected chi connectivity index (χ3v) is 3.13. The Kier molecular flexibility index (Phi) is 7.25. The highest BCUT2D eigenvalue weighted by atomic mass is 16.5. The van der Waals surface area contributed by atoms with Crippen LogP contribution in [0.25, 0.3) is 0 Å². The summed E-state index contributed by atoms with van der Waals surface area (Å²) < 4.78 is 11.2. The molecule has 2 N–H and O–H groups in total. The summed E-state index contributed by atoms with van der Waals surface area (Å²) in [5.41, 5.74) is -0.199. The lowest BCUT2D eigenvalue weighted by Gasteiger charge is -2.32. The van der Waals surface area contributed by atoms with Gasteiger partial charge in [-0.3, -0.25) is 4.90 Å². The van der Waals surface area contributed by atoms with Crippen molar-refractivity contribution in [2.24, 2.45) is 0 Å². The third kappa shape index (κ3) is 7.84. The van der Waals surface area contributed by atoms with Gasteiger partial charge in [0.2, 0.25) is 0 Å². The van der Waals surface area contributed by atoms with Crippen molar-refractivity contribution in [2.45, 2.75) is 45.5 Å². The third-order valence-electron chi connectivity index (χ3n) is 3.13. The maximum absolute atomic E-state index is 9.80. The summed E-state index contributed by atoms with van der Waals surface area (Å²) in [6, 6.07) is 0. The Morgan fingerprint density at radius 3 is 2.84 bits per heavy atom. The number of hydrogen-bond donors (Lipinski definition) is 2. The predicted molar refractivity (Wildman–Crippen MR) is 76.4 cm³/mol. The van der Waals surface area contributed by atoms with Gasteiger partial charge in [0.05, 0.1) is 31.0 Å². The smallest absolute Gasteiger partial charge is 0.0897 e. The summed E-state index contributed by atoms with van der Waals surface area (Å²) in [4.78, 5) is 2.38. The molecule has 0 bridgehead atoms. The maximum atomic E-state index is 9.80. The fourth-order valence-corrected chi connectivity index (χ4v) is 2.01. The van der Waals surface area contributed by atoms with Gasteiger partial charge in [-0.2, -0.15) is 0 Å². The van der Waals surface area contributed by atoms with Crippen LogP contribution in [-0.4, -0.2) is 73.8 Å². The molecule has 5 heteroatoms. The first-order chi connectivity index (χ1) is 8.90. The molecule has 2 atom stereocenters. The number of likely N-dealkylation sites (N-methyl/N-ethyl adjacent to an activating group) is 1. The Morgan fingerprint density at radius 2 is 2.21 bits per heavy atom. The number of nitrogens with zero attached hydrogens (tertiary/aromatic N) is 1. The molecule has 0 saturated carbocycles. The molecule has 2 unspecified atom stereocenters. The van der Waals surface area contributed by atoms with E-state index in [0.29, 0.717) is 13.2 Å². The minimum absolute atomic E-state index is 0.199. The normalized spacial score (nSPS) is 23.5. The van der Waals surface area contributed by atoms with E-state index in [1.165, 1.54) is 0 Å². The molecule has 5 nitrogen and oxygen atoms in total. The Labute approximate surface area is 117 Å². The van der Waals surface area contributed by atoms with Gasteiger partial charge >= 0.3 is 0 Å². The summed E-state index contributed by atoms with van der Waals surface area (Å²) >= 11 is 0. The molecule has 0 aliphatic carbocycles. The fraction of sp³-hybridized carbons (Fsp3) is 1.00. The van der Waals surface area contributed by atoms with Gasteiger partial charge in [0.1, 0.15) is 0 Å². The number of ether oxygens (including phenoxy) is 2. The summed E-state index contributed by atoms with van der Waals surface area (Å²) in [6.45, 7) is 13.7. The maximum Gasteiger partial charge on any atom is 0.0897 e. The number of aliphatic hydroxyl groups excluding tert-OH is 1. The minimum atomic E-state index is -0.468. The van der Waals surface area contributed by atoms with Gasteiger partial charge in [-0.25, -0.2) is 0 Å². The van der Waals surface area contributed by atoms with Gasteiger partial charge in [0.25, 0.3) is 0 Å². The standard InChI is InChI=1S/C14H30N2O3/c1-5-16-6-7-18-13(10-16)9-15-8-12(17)11-19-14(2,3)4/h12-13,15,17H,5-11H2,1-4H3. The summed E-state index contributed by atoms with van der Waals surface area (Å²) in [5.74, 6) is 0. The van der Waals surface area contributed by atoms with Crippen LogP contribution in [0.2, 0.25) is 0 Å². The number of aliphatic hydroxyl groups is 1. The largest absolute Gasteiger partial charge is 0.389 e. The Hall–Kier alpha value is -0.200. The van der Waals surface area contributed by atoms with E-state index in [4.69, 9.17) is 9.47 Å². The Balaban J connectivity index is 2.09. The number of morpholine rings is 1. The van der Waals surface area contributed by atoms with Crippen LogP contribution >= 0.6 is 0 Å². The molecule has 1 saturated heterocycles. The van der Waals surface area contributed by atoms with Gasteiger partial charge in [0, 0.05) is 26.2 Å². The van der Waals surface area contributed by atoms with E-state index in [1.54, 1.807) is 0 Å².